The van der Waals surface area contributed by atoms with Gasteiger partial charge in [-0.15, -0.1) is 25.1 Å². The van der Waals surface area contributed by atoms with Crippen LogP contribution in [0.1, 0.15) is 19.3 Å². The summed E-state index contributed by atoms with van der Waals surface area (Å²) < 4.78 is 0. The summed E-state index contributed by atoms with van der Waals surface area (Å²) in [6.07, 6.45) is 29.6. The molecule has 0 atom stereocenters. The van der Waals surface area contributed by atoms with E-state index in [2.05, 4.69) is 30.4 Å². The minimum atomic E-state index is 0. The van der Waals surface area contributed by atoms with Crippen LogP contribution in [-0.2, 0) is 25.8 Å². The van der Waals surface area contributed by atoms with Gasteiger partial charge in [0, 0.05) is 0 Å². The number of hydrogen-bond acceptors (Lipinski definition) is 1. The molecule has 0 N–H and O–H groups in total. The molecule has 3 aliphatic carbocycles. The molecular formula is C16H15ClHfS. The van der Waals surface area contributed by atoms with Crippen LogP contribution in [-0.4, -0.2) is 4.86 Å². The van der Waals surface area contributed by atoms with Crippen molar-refractivity contribution in [2.45, 2.75) is 19.3 Å². The van der Waals surface area contributed by atoms with Crippen LogP contribution in [0.15, 0.2) is 54.7 Å². The molecule has 0 aromatic rings. The molecule has 0 radical (unpaired) electrons. The molecule has 0 saturated carbocycles. The summed E-state index contributed by atoms with van der Waals surface area (Å²) in [6.45, 7) is 0. The van der Waals surface area contributed by atoms with Crippen molar-refractivity contribution >= 4 is 17.1 Å². The van der Waals surface area contributed by atoms with Crippen LogP contribution in [0.3, 0.4) is 0 Å². The summed E-state index contributed by atoms with van der Waals surface area (Å²) >= 11 is 4.81. The van der Waals surface area contributed by atoms with Gasteiger partial charge in [-0.25, -0.2) is 42.5 Å². The summed E-state index contributed by atoms with van der Waals surface area (Å²) in [5.41, 5.74) is 0. The molecule has 19 heavy (non-hydrogen) atoms. The second kappa shape index (κ2) is 15.7. The van der Waals surface area contributed by atoms with E-state index in [-0.39, 0.29) is 38.3 Å². The molecule has 3 heteroatoms. The molecule has 0 amide bonds. The molecule has 0 saturated heterocycles. The topological polar surface area (TPSA) is 0 Å². The smallest absolute Gasteiger partial charge is 1.00 e. The van der Waals surface area contributed by atoms with Gasteiger partial charge in [-0.3, -0.25) is 12.2 Å². The maximum atomic E-state index is 4.81. The normalized spacial score (nSPS) is 15.9. The summed E-state index contributed by atoms with van der Waals surface area (Å²) in [4.78, 5) is 0.905. The Morgan fingerprint density at radius 2 is 1.37 bits per heavy atom. The van der Waals surface area contributed by atoms with Crippen LogP contribution < -0.4 is 12.4 Å². The maximum absolute atomic E-state index is 4.81. The average Bonchev–Trinajstić information content (AvgIpc) is 3.09. The molecule has 0 spiro atoms. The van der Waals surface area contributed by atoms with Crippen molar-refractivity contribution in [2.75, 3.05) is 0 Å². The molecule has 0 bridgehead atoms. The second-order valence-corrected chi connectivity index (χ2v) is 3.87. The average molecular weight is 453 g/mol. The predicted octanol–water partition coefficient (Wildman–Crippen LogP) is 1.29. The summed E-state index contributed by atoms with van der Waals surface area (Å²) in [5.74, 6) is 0. The summed E-state index contributed by atoms with van der Waals surface area (Å²) in [7, 11) is 0. The van der Waals surface area contributed by atoms with Crippen LogP contribution in [0.2, 0.25) is 0 Å². The standard InChI is InChI=1S/C6H5S.2C5H5.ClH.Hf/c7-6-4-2-1-3-5-6;2*1-2-4-5-3-1;;/h1-3H,4H2;2*1-3H,4H2;1H;/q3*-1;;+4/p-1. The fourth-order valence-electron chi connectivity index (χ4n) is 1.12. The van der Waals surface area contributed by atoms with Gasteiger partial charge in [-0.1, -0.05) is 4.86 Å². The number of thiocarbonyl (C=S) groups is 1. The van der Waals surface area contributed by atoms with Crippen molar-refractivity contribution in [2.24, 2.45) is 0 Å². The Kier molecular flexibility index (Phi) is 17.4. The molecule has 0 unspecified atom stereocenters. The van der Waals surface area contributed by atoms with Gasteiger partial charge in [-0.2, -0.15) is 18.2 Å². The van der Waals surface area contributed by atoms with Crippen LogP contribution in [0.4, 0.5) is 0 Å². The van der Waals surface area contributed by atoms with Crippen molar-refractivity contribution in [3.63, 3.8) is 0 Å². The number of rotatable bonds is 0. The first-order chi connectivity index (χ1) is 8.39. The van der Waals surface area contributed by atoms with E-state index in [1.807, 2.05) is 42.5 Å². The van der Waals surface area contributed by atoms with E-state index in [1.165, 1.54) is 0 Å². The molecule has 0 fully saturated rings. The number of hydrogen-bond donors (Lipinski definition) is 0. The summed E-state index contributed by atoms with van der Waals surface area (Å²) in [5, 5.41) is 0. The molecule has 0 aromatic heterocycles. The third kappa shape index (κ3) is 13.9. The zero-order chi connectivity index (χ0) is 12.2. The van der Waals surface area contributed by atoms with Gasteiger partial charge in [0.25, 0.3) is 0 Å². The first-order valence-electron chi connectivity index (χ1n) is 5.61. The minimum absolute atomic E-state index is 0. The molecule has 0 nitrogen and oxygen atoms in total. The fourth-order valence-corrected chi connectivity index (χ4v) is 1.29. The summed E-state index contributed by atoms with van der Waals surface area (Å²) in [6, 6.07) is 0. The predicted molar refractivity (Wildman–Crippen MR) is 77.3 cm³/mol. The zero-order valence-corrected chi connectivity index (χ0v) is 15.8. The van der Waals surface area contributed by atoms with Crippen LogP contribution in [0.25, 0.3) is 0 Å². The largest absolute Gasteiger partial charge is 4.00 e. The van der Waals surface area contributed by atoms with Crippen LogP contribution >= 0.6 is 12.2 Å². The van der Waals surface area contributed by atoms with Gasteiger partial charge in [0.05, 0.1) is 0 Å². The van der Waals surface area contributed by atoms with E-state index in [4.69, 9.17) is 12.2 Å². The first kappa shape index (κ1) is 21.0. The molecule has 96 valence electrons. The first-order valence-corrected chi connectivity index (χ1v) is 6.01. The monoisotopic (exact) mass is 454 g/mol. The van der Waals surface area contributed by atoms with E-state index in [9.17, 15) is 0 Å². The quantitative estimate of drug-likeness (QED) is 0.303. The number of halogens is 1. The SMILES string of the molecule is S=C1[C-]=CC=CC1.[C-]1=CC=CC1.[C-]1=CC=CC1.[Cl-].[Hf+4]. The maximum Gasteiger partial charge on any atom is 4.00 e. The van der Waals surface area contributed by atoms with Gasteiger partial charge in [0.1, 0.15) is 0 Å². The Morgan fingerprint density at radius 1 is 0.842 bits per heavy atom. The van der Waals surface area contributed by atoms with Gasteiger partial charge < -0.3 is 12.4 Å². The Hall–Kier alpha value is -0.310. The van der Waals surface area contributed by atoms with E-state index in [0.29, 0.717) is 0 Å². The molecular weight excluding hydrogens is 438 g/mol. The molecule has 0 heterocycles. The molecule has 3 aliphatic rings. The van der Waals surface area contributed by atoms with E-state index in [0.717, 1.165) is 24.1 Å². The Labute approximate surface area is 146 Å². The van der Waals surface area contributed by atoms with Gasteiger partial charge in [-0.05, 0) is 6.42 Å². The van der Waals surface area contributed by atoms with Gasteiger partial charge in [0.15, 0.2) is 0 Å². The molecule has 0 aliphatic heterocycles. The molecule has 3 rings (SSSR count). The Morgan fingerprint density at radius 3 is 1.53 bits per heavy atom. The van der Waals surface area contributed by atoms with Crippen LogP contribution in [0.5, 0.6) is 0 Å². The third-order valence-corrected chi connectivity index (χ3v) is 2.24. The van der Waals surface area contributed by atoms with Crippen molar-refractivity contribution < 1.29 is 38.3 Å². The van der Waals surface area contributed by atoms with Gasteiger partial charge >= 0.3 is 25.8 Å². The second-order valence-electron chi connectivity index (χ2n) is 3.37. The van der Waals surface area contributed by atoms with Crippen LogP contribution in [0, 0.1) is 18.2 Å². The van der Waals surface area contributed by atoms with Crippen molar-refractivity contribution in [3.05, 3.63) is 72.9 Å². The Balaban J connectivity index is 0. The Bertz CT molecular complexity index is 359. The van der Waals surface area contributed by atoms with E-state index in [1.54, 1.807) is 0 Å². The zero-order valence-electron chi connectivity index (χ0n) is 10.6. The number of allylic oxidation sites excluding steroid dienone is 12. The third-order valence-electron chi connectivity index (χ3n) is 1.95. The van der Waals surface area contributed by atoms with E-state index < -0.39 is 0 Å². The van der Waals surface area contributed by atoms with Crippen molar-refractivity contribution in [1.82, 2.24) is 0 Å². The minimum Gasteiger partial charge on any atom is -1.00 e. The fraction of sp³-hybridized carbons (Fsp3) is 0.188. The molecule has 0 aromatic carbocycles. The van der Waals surface area contributed by atoms with Crippen molar-refractivity contribution in [3.8, 4) is 0 Å². The van der Waals surface area contributed by atoms with Crippen molar-refractivity contribution in [1.29, 1.82) is 0 Å². The van der Waals surface area contributed by atoms with E-state index >= 15 is 0 Å². The van der Waals surface area contributed by atoms with Gasteiger partial charge in [0.2, 0.25) is 0 Å².